The Hall–Kier alpha value is -11.2. The van der Waals surface area contributed by atoms with Crippen molar-refractivity contribution in [1.29, 1.82) is 0 Å². The smallest absolute Gasteiger partial charge is 0.425 e. The number of carboxylic acid groups (broad SMARTS) is 3. The van der Waals surface area contributed by atoms with E-state index in [0.717, 1.165) is 47.2 Å². The first-order valence-corrected chi connectivity index (χ1v) is 43.4. The van der Waals surface area contributed by atoms with E-state index in [1.807, 2.05) is 88.5 Å². The maximum absolute atomic E-state index is 12.2. The summed E-state index contributed by atoms with van der Waals surface area (Å²) >= 11 is 2.94. The van der Waals surface area contributed by atoms with E-state index in [1.165, 1.54) is 49.9 Å². The molecule has 118 heavy (non-hydrogen) atoms. The molecule has 0 aliphatic rings. The number of amides is 6. The highest BCUT2D eigenvalue weighted by atomic mass is 32.2. The largest absolute Gasteiger partial charge is 0.480 e. The summed E-state index contributed by atoms with van der Waals surface area (Å²) in [6.07, 6.45) is 3.97. The lowest BCUT2D eigenvalue weighted by atomic mass is 10.0. The summed E-state index contributed by atoms with van der Waals surface area (Å²) < 4.78 is 116. The van der Waals surface area contributed by atoms with Crippen LogP contribution >= 0.6 is 23.5 Å². The third-order valence-corrected chi connectivity index (χ3v) is 19.2. The Labute approximate surface area is 692 Å². The number of thioether (sulfide) groups is 2. The third-order valence-electron chi connectivity index (χ3n) is 15.6. The van der Waals surface area contributed by atoms with E-state index in [-0.39, 0.29) is 47.7 Å². The van der Waals surface area contributed by atoms with Gasteiger partial charge in [0.1, 0.15) is 41.7 Å². The van der Waals surface area contributed by atoms with Crippen LogP contribution in [0, 0.1) is 27.7 Å². The molecule has 0 saturated heterocycles. The fourth-order valence-corrected chi connectivity index (χ4v) is 12.0. The minimum atomic E-state index is -4.38. The van der Waals surface area contributed by atoms with Gasteiger partial charge in [-0.15, -0.1) is 12.6 Å². The molecule has 0 heterocycles. The van der Waals surface area contributed by atoms with Gasteiger partial charge < -0.3 is 52.3 Å². The predicted molar refractivity (Wildman–Crippen MR) is 442 cm³/mol. The van der Waals surface area contributed by atoms with Crippen molar-refractivity contribution in [3.63, 3.8) is 0 Å². The molecule has 0 aromatic heterocycles. The van der Waals surface area contributed by atoms with Crippen molar-refractivity contribution in [2.75, 3.05) is 41.3 Å². The normalized spacial score (nSPS) is 12.1. The number of aliphatic hydroxyl groups excluding tert-OH is 1. The highest BCUT2D eigenvalue weighted by Gasteiger charge is 2.27. The summed E-state index contributed by atoms with van der Waals surface area (Å²) in [6.45, 7) is 12.4. The topological polar surface area (TPSA) is 572 Å². The van der Waals surface area contributed by atoms with Crippen molar-refractivity contribution >= 4 is 135 Å². The standard InChI is InChI=1S/C17H17NO5S.C13H17NO5S.C13H17NO3S.C12H15NO6S.C12H15NO3S.C11H13NO3.O3S/c1-12(19)16(11-24(21,22)23)18-17(20)15-9-7-14(8-10-15)13-5-3-2-4-6-13;1-9-3-5-11(6-4-9)13(16)14-12(10(2)15)7-8-20(17,18)19;1-9-3-5-10(6-4-9)12(15)14-11(13(16)17)7-8-18-2;1-8(15)11(7-20(17,18)19)13-12(16)10-4-2-9(6-14)3-5-10;1-8-3-5-9(6-4-8)11(14)13-10(7-17-2)12(15)16;1-7-3-5-9(6-4-7)10(13)12-8(2)11(14)15;1-4(2)3/h2-10,16H,11H2,1H3,(H,18,20)(H,21,22,23);3-6,12H,7-8H2,1-2H3,(H,14,16)(H,17,18,19);3-6,11H,7-8H2,1-2H3,(H,14,15)(H,16,17);2-5,11,14H,6-7H2,1H3,(H,13,16)(H,17,18,19);3-6,10H,7H2,1-2H3,(H,13,14)(H,15,16);3-6,8H,1-2H3,(H,12,13)(H,14,15);. The Morgan fingerprint density at radius 1 is 0.364 bits per heavy atom. The summed E-state index contributed by atoms with van der Waals surface area (Å²) in [4.78, 5) is 138. The lowest BCUT2D eigenvalue weighted by Gasteiger charge is -2.15. The van der Waals surface area contributed by atoms with E-state index >= 15 is 0 Å². The number of carbonyl (C=O) groups excluding carboxylic acids is 9. The molecule has 40 heteroatoms. The first-order chi connectivity index (χ1) is 55.0. The molecule has 6 unspecified atom stereocenters. The van der Waals surface area contributed by atoms with Gasteiger partial charge in [-0.05, 0) is 176 Å². The molecule has 0 fully saturated rings. The quantitative estimate of drug-likeness (QED) is 0.0205. The van der Waals surface area contributed by atoms with Gasteiger partial charge in [0.2, 0.25) is 0 Å². The molecule has 7 rings (SSSR count). The number of hydrogen-bond acceptors (Lipinski definition) is 24. The van der Waals surface area contributed by atoms with Gasteiger partial charge >= 0.3 is 28.5 Å². The lowest BCUT2D eigenvalue weighted by Crippen LogP contribution is -2.44. The number of carbonyl (C=O) groups is 12. The number of aliphatic carboxylic acids is 3. The Morgan fingerprint density at radius 3 is 0.915 bits per heavy atom. The van der Waals surface area contributed by atoms with Crippen LogP contribution in [0.2, 0.25) is 0 Å². The lowest BCUT2D eigenvalue weighted by molar-refractivity contribution is -0.140. The van der Waals surface area contributed by atoms with Gasteiger partial charge in [0, 0.05) is 39.1 Å². The van der Waals surface area contributed by atoms with E-state index in [2.05, 4.69) is 31.9 Å². The van der Waals surface area contributed by atoms with Gasteiger partial charge in [-0.3, -0.25) is 61.6 Å². The van der Waals surface area contributed by atoms with Gasteiger partial charge in [0.15, 0.2) is 17.3 Å². The number of hydrogen-bond donors (Lipinski definition) is 13. The number of benzene rings is 7. The molecule has 34 nitrogen and oxygen atoms in total. The second-order valence-corrected chi connectivity index (χ2v) is 32.3. The van der Waals surface area contributed by atoms with E-state index < -0.39 is 142 Å². The molecular weight excluding hydrogens is 1660 g/mol. The van der Waals surface area contributed by atoms with Crippen LogP contribution in [0.25, 0.3) is 11.1 Å². The Morgan fingerprint density at radius 2 is 0.644 bits per heavy atom. The zero-order valence-electron chi connectivity index (χ0n) is 65.5. The van der Waals surface area contributed by atoms with Crippen molar-refractivity contribution in [1.82, 2.24) is 31.9 Å². The Bertz CT molecular complexity index is 4990. The number of ketones is 3. The molecule has 0 aliphatic heterocycles. The van der Waals surface area contributed by atoms with Crippen molar-refractivity contribution in [2.24, 2.45) is 0 Å². The van der Waals surface area contributed by atoms with E-state index in [9.17, 15) is 82.8 Å². The first kappa shape index (κ1) is 105. The van der Waals surface area contributed by atoms with Gasteiger partial charge in [-0.25, -0.2) is 9.59 Å². The summed E-state index contributed by atoms with van der Waals surface area (Å²) in [5.74, 6) is -8.56. The zero-order chi connectivity index (χ0) is 89.8. The zero-order valence-corrected chi connectivity index (χ0v) is 70.4. The molecule has 7 aromatic carbocycles. The van der Waals surface area contributed by atoms with Crippen molar-refractivity contribution in [3.8, 4) is 11.1 Å². The summed E-state index contributed by atoms with van der Waals surface area (Å²) in [6, 6.07) is 43.9. The number of aliphatic hydroxyl groups is 1. The maximum atomic E-state index is 12.2. The van der Waals surface area contributed by atoms with E-state index in [1.54, 1.807) is 115 Å². The molecule has 0 saturated carbocycles. The fourth-order valence-electron chi connectivity index (χ4n) is 9.00. The van der Waals surface area contributed by atoms with E-state index in [0.29, 0.717) is 45.7 Å². The van der Waals surface area contributed by atoms with Crippen molar-refractivity contribution < 1.29 is 129 Å². The van der Waals surface area contributed by atoms with Crippen LogP contribution in [0.1, 0.15) is 131 Å². The van der Waals surface area contributed by atoms with Crippen LogP contribution in [0.4, 0.5) is 0 Å². The third kappa shape index (κ3) is 45.3. The second-order valence-electron chi connectivity index (χ2n) is 25.4. The molecule has 13 N–H and O–H groups in total. The fraction of sp³-hybridized carbons (Fsp3) is 0.308. The summed E-state index contributed by atoms with van der Waals surface area (Å²) in [5, 5.41) is 49.8. The van der Waals surface area contributed by atoms with Gasteiger partial charge in [-0.1, -0.05) is 125 Å². The van der Waals surface area contributed by atoms with Gasteiger partial charge in [-0.2, -0.15) is 48.8 Å². The molecule has 0 bridgehead atoms. The average molecular weight is 1760 g/mol. The monoisotopic (exact) mass is 1750 g/mol. The molecule has 6 atom stereocenters. The number of nitrogens with one attached hydrogen (secondary N) is 6. The summed E-state index contributed by atoms with van der Waals surface area (Å²) in [7, 11) is -16.0. The molecule has 0 radical (unpaired) electrons. The van der Waals surface area contributed by atoms with Crippen LogP contribution in [0.15, 0.2) is 176 Å². The molecule has 6 amide bonds. The minimum absolute atomic E-state index is 0.161. The number of aryl methyl sites for hydroxylation is 4. The van der Waals surface area contributed by atoms with Crippen molar-refractivity contribution in [2.45, 2.75) is 111 Å². The number of carboxylic acids is 3. The van der Waals surface area contributed by atoms with Crippen LogP contribution in [-0.4, -0.2) is 220 Å². The first-order valence-electron chi connectivity index (χ1n) is 34.8. The van der Waals surface area contributed by atoms with Crippen LogP contribution in [0.5, 0.6) is 0 Å². The highest BCUT2D eigenvalue weighted by molar-refractivity contribution is 7.98. The number of Topliss-reactive ketones (excluding diaryl/α,β-unsaturated/α-hetero) is 3. The highest BCUT2D eigenvalue weighted by Crippen LogP contribution is 2.20. The SMILES string of the molecule is CC(=O)C(CCS(=O)(=O)O)NC(=O)c1ccc(C)cc1.CC(=O)C(CS(=O)(=O)O)NC(=O)c1ccc(-c2ccccc2)cc1.CC(=O)C(CS(=O)(=O)O)NC(=O)c1ccc(CO)cc1.CSCC(NC(=O)c1ccc(C)cc1)C(=O)O.CSCCC(NC(=O)c1ccc(C)cc1)C(=O)O.Cc1ccc(C(=O)NC(C)C(=O)O)cc1.O=S(=O)=O. The average Bonchev–Trinajstić information content (AvgIpc) is 0.830. The Balaban J connectivity index is 0.000000705. The molecule has 0 spiro atoms. The van der Waals surface area contributed by atoms with Gasteiger partial charge in [0.05, 0.1) is 18.4 Å². The van der Waals surface area contributed by atoms with Gasteiger partial charge in [0.25, 0.3) is 65.8 Å². The molecule has 7 aromatic rings. The molecule has 640 valence electrons. The molecule has 0 aliphatic carbocycles. The minimum Gasteiger partial charge on any atom is -0.480 e. The Kier molecular flexibility index (Phi) is 47.2. The predicted octanol–water partition coefficient (Wildman–Crippen LogP) is 6.31. The van der Waals surface area contributed by atoms with Crippen LogP contribution in [-0.2, 0) is 76.3 Å². The number of rotatable bonds is 32. The molecular formula is C78H94N6O28S6. The van der Waals surface area contributed by atoms with Crippen LogP contribution in [0.3, 0.4) is 0 Å². The van der Waals surface area contributed by atoms with E-state index in [4.69, 9.17) is 46.7 Å². The maximum Gasteiger partial charge on any atom is 0.425 e. The van der Waals surface area contributed by atoms with Crippen LogP contribution < -0.4 is 31.9 Å². The summed E-state index contributed by atoms with van der Waals surface area (Å²) in [5.41, 5.74) is 9.01. The van der Waals surface area contributed by atoms with Crippen molar-refractivity contribution in [3.05, 3.63) is 237 Å². The second kappa shape index (κ2) is 53.2.